The molecule has 1 fully saturated rings. The third-order valence-corrected chi connectivity index (χ3v) is 2.86. The van der Waals surface area contributed by atoms with Gasteiger partial charge in [0.15, 0.2) is 0 Å². The summed E-state index contributed by atoms with van der Waals surface area (Å²) in [6.45, 7) is 5.43. The van der Waals surface area contributed by atoms with E-state index in [0.717, 1.165) is 50.6 Å². The van der Waals surface area contributed by atoms with E-state index in [1.165, 1.54) is 0 Å². The summed E-state index contributed by atoms with van der Waals surface area (Å²) in [5.41, 5.74) is 1.13. The van der Waals surface area contributed by atoms with Crippen LogP contribution < -0.4 is 10.1 Å². The summed E-state index contributed by atoms with van der Waals surface area (Å²) in [6, 6.07) is 4.01. The molecule has 2 rings (SSSR count). The predicted octanol–water partition coefficient (Wildman–Crippen LogP) is 1.75. The maximum Gasteiger partial charge on any atom is 0.218 e. The predicted molar refractivity (Wildman–Crippen MR) is 66.1 cm³/mol. The molecule has 4 heteroatoms. The Morgan fingerprint density at radius 3 is 3.06 bits per heavy atom. The van der Waals surface area contributed by atoms with Crippen molar-refractivity contribution in [2.45, 2.75) is 32.4 Å². The molecule has 1 saturated heterocycles. The molecule has 0 saturated carbocycles. The van der Waals surface area contributed by atoms with E-state index in [-0.39, 0.29) is 6.10 Å². The highest BCUT2D eigenvalue weighted by Crippen LogP contribution is 2.19. The van der Waals surface area contributed by atoms with Crippen LogP contribution in [0.5, 0.6) is 5.88 Å². The van der Waals surface area contributed by atoms with Gasteiger partial charge in [-0.25, -0.2) is 4.98 Å². The highest BCUT2D eigenvalue weighted by molar-refractivity contribution is 5.25. The first-order valence-corrected chi connectivity index (χ1v) is 6.29. The van der Waals surface area contributed by atoms with Crippen LogP contribution in [0.15, 0.2) is 18.3 Å². The van der Waals surface area contributed by atoms with E-state index in [0.29, 0.717) is 0 Å². The molecule has 0 bridgehead atoms. The lowest BCUT2D eigenvalue weighted by Crippen LogP contribution is -2.27. The molecule has 1 aliphatic rings. The molecule has 0 spiro atoms. The summed E-state index contributed by atoms with van der Waals surface area (Å²) >= 11 is 0. The zero-order valence-electron chi connectivity index (χ0n) is 10.3. The van der Waals surface area contributed by atoms with Gasteiger partial charge in [0.2, 0.25) is 5.88 Å². The van der Waals surface area contributed by atoms with Gasteiger partial charge in [0.1, 0.15) is 6.10 Å². The first kappa shape index (κ1) is 12.3. The molecule has 1 aromatic heterocycles. The van der Waals surface area contributed by atoms with Crippen LogP contribution in [-0.4, -0.2) is 30.8 Å². The van der Waals surface area contributed by atoms with Crippen molar-refractivity contribution >= 4 is 0 Å². The standard InChI is InChI=1S/C13H20N2O2/c1-2-14-10-11-4-3-7-15-13(11)17-12-5-8-16-9-6-12/h3-4,7,12,14H,2,5-6,8-10H2,1H3. The lowest BCUT2D eigenvalue weighted by molar-refractivity contribution is 0.0233. The van der Waals surface area contributed by atoms with E-state index in [1.807, 2.05) is 6.07 Å². The molecular weight excluding hydrogens is 216 g/mol. The fraction of sp³-hybridized carbons (Fsp3) is 0.615. The van der Waals surface area contributed by atoms with Crippen molar-refractivity contribution in [1.29, 1.82) is 0 Å². The zero-order valence-corrected chi connectivity index (χ0v) is 10.3. The molecule has 0 radical (unpaired) electrons. The lowest BCUT2D eigenvalue weighted by atomic mass is 10.1. The monoisotopic (exact) mass is 236 g/mol. The SMILES string of the molecule is CCNCc1cccnc1OC1CCOCC1. The molecular formula is C13H20N2O2. The van der Waals surface area contributed by atoms with Gasteiger partial charge in [0.05, 0.1) is 13.2 Å². The third kappa shape index (κ3) is 3.68. The maximum absolute atomic E-state index is 5.95. The van der Waals surface area contributed by atoms with Crippen LogP contribution in [0.1, 0.15) is 25.3 Å². The van der Waals surface area contributed by atoms with Crippen molar-refractivity contribution in [2.75, 3.05) is 19.8 Å². The molecule has 0 unspecified atom stereocenters. The molecule has 94 valence electrons. The number of hydrogen-bond acceptors (Lipinski definition) is 4. The molecule has 1 aliphatic heterocycles. The van der Waals surface area contributed by atoms with E-state index in [9.17, 15) is 0 Å². The summed E-state index contributed by atoms with van der Waals surface area (Å²) < 4.78 is 11.3. The second-order valence-corrected chi connectivity index (χ2v) is 4.18. The van der Waals surface area contributed by atoms with Gasteiger partial charge in [-0.05, 0) is 12.6 Å². The third-order valence-electron chi connectivity index (χ3n) is 2.86. The molecule has 0 amide bonds. The normalized spacial score (nSPS) is 17.0. The number of hydrogen-bond donors (Lipinski definition) is 1. The van der Waals surface area contributed by atoms with Crippen molar-refractivity contribution in [3.05, 3.63) is 23.9 Å². The first-order chi connectivity index (χ1) is 8.40. The Morgan fingerprint density at radius 2 is 2.29 bits per heavy atom. The van der Waals surface area contributed by atoms with E-state index >= 15 is 0 Å². The first-order valence-electron chi connectivity index (χ1n) is 6.29. The van der Waals surface area contributed by atoms with Gasteiger partial charge in [0, 0.05) is 31.1 Å². The minimum atomic E-state index is 0.249. The summed E-state index contributed by atoms with van der Waals surface area (Å²) in [7, 11) is 0. The number of rotatable bonds is 5. The van der Waals surface area contributed by atoms with E-state index in [2.05, 4.69) is 23.3 Å². The van der Waals surface area contributed by atoms with Crippen LogP contribution in [0.25, 0.3) is 0 Å². The summed E-state index contributed by atoms with van der Waals surface area (Å²) in [5, 5.41) is 3.30. The zero-order chi connectivity index (χ0) is 11.9. The van der Waals surface area contributed by atoms with Gasteiger partial charge in [-0.1, -0.05) is 13.0 Å². The second-order valence-electron chi connectivity index (χ2n) is 4.18. The van der Waals surface area contributed by atoms with Crippen LogP contribution in [0, 0.1) is 0 Å². The molecule has 1 aromatic rings. The van der Waals surface area contributed by atoms with Gasteiger partial charge in [-0.15, -0.1) is 0 Å². The molecule has 1 N–H and O–H groups in total. The topological polar surface area (TPSA) is 43.4 Å². The minimum absolute atomic E-state index is 0.249. The number of aromatic nitrogens is 1. The average molecular weight is 236 g/mol. The Labute approximate surface area is 102 Å². The van der Waals surface area contributed by atoms with Gasteiger partial charge >= 0.3 is 0 Å². The molecule has 4 nitrogen and oxygen atoms in total. The largest absolute Gasteiger partial charge is 0.474 e. The Bertz CT molecular complexity index is 338. The van der Waals surface area contributed by atoms with Gasteiger partial charge in [-0.3, -0.25) is 0 Å². The molecule has 0 atom stereocenters. The molecule has 2 heterocycles. The molecule has 0 aromatic carbocycles. The van der Waals surface area contributed by atoms with Gasteiger partial charge in [0.25, 0.3) is 0 Å². The fourth-order valence-electron chi connectivity index (χ4n) is 1.88. The summed E-state index contributed by atoms with van der Waals surface area (Å²) in [6.07, 6.45) is 3.94. The summed E-state index contributed by atoms with van der Waals surface area (Å²) in [4.78, 5) is 4.32. The van der Waals surface area contributed by atoms with Gasteiger partial charge < -0.3 is 14.8 Å². The van der Waals surface area contributed by atoms with Crippen molar-refractivity contribution < 1.29 is 9.47 Å². The Morgan fingerprint density at radius 1 is 1.47 bits per heavy atom. The molecule has 17 heavy (non-hydrogen) atoms. The number of nitrogens with one attached hydrogen (secondary N) is 1. The van der Waals surface area contributed by atoms with Crippen molar-refractivity contribution in [3.63, 3.8) is 0 Å². The summed E-state index contributed by atoms with van der Waals surface area (Å²) in [5.74, 6) is 0.764. The number of pyridine rings is 1. The van der Waals surface area contributed by atoms with Crippen LogP contribution >= 0.6 is 0 Å². The smallest absolute Gasteiger partial charge is 0.218 e. The van der Waals surface area contributed by atoms with Crippen LogP contribution in [0.2, 0.25) is 0 Å². The van der Waals surface area contributed by atoms with Crippen molar-refractivity contribution in [1.82, 2.24) is 10.3 Å². The Kier molecular flexibility index (Phi) is 4.76. The minimum Gasteiger partial charge on any atom is -0.474 e. The lowest BCUT2D eigenvalue weighted by Gasteiger charge is -2.23. The maximum atomic E-state index is 5.95. The van der Waals surface area contributed by atoms with Gasteiger partial charge in [-0.2, -0.15) is 0 Å². The highest BCUT2D eigenvalue weighted by atomic mass is 16.5. The van der Waals surface area contributed by atoms with Crippen LogP contribution in [-0.2, 0) is 11.3 Å². The quantitative estimate of drug-likeness (QED) is 0.846. The number of ether oxygens (including phenoxy) is 2. The van der Waals surface area contributed by atoms with Crippen LogP contribution in [0.3, 0.4) is 0 Å². The second kappa shape index (κ2) is 6.57. The number of nitrogens with zero attached hydrogens (tertiary/aromatic N) is 1. The van der Waals surface area contributed by atoms with E-state index < -0.39 is 0 Å². The van der Waals surface area contributed by atoms with E-state index in [4.69, 9.17) is 9.47 Å². The van der Waals surface area contributed by atoms with Crippen LogP contribution in [0.4, 0.5) is 0 Å². The highest BCUT2D eigenvalue weighted by Gasteiger charge is 2.17. The Balaban J connectivity index is 1.98. The van der Waals surface area contributed by atoms with Crippen molar-refractivity contribution in [2.24, 2.45) is 0 Å². The van der Waals surface area contributed by atoms with E-state index in [1.54, 1.807) is 6.20 Å². The Hall–Kier alpha value is -1.13. The molecule has 0 aliphatic carbocycles. The van der Waals surface area contributed by atoms with Crippen molar-refractivity contribution in [3.8, 4) is 5.88 Å². The fourth-order valence-corrected chi connectivity index (χ4v) is 1.88. The average Bonchev–Trinajstić information content (AvgIpc) is 2.39.